The van der Waals surface area contributed by atoms with Crippen molar-refractivity contribution in [3.63, 3.8) is 0 Å². The minimum absolute atomic E-state index is 0.502. The molecule has 0 radical (unpaired) electrons. The Morgan fingerprint density at radius 1 is 1.05 bits per heavy atom. The molecule has 1 saturated carbocycles. The van der Waals surface area contributed by atoms with Crippen LogP contribution in [0.25, 0.3) is 10.8 Å². The molecule has 5 rings (SSSR count). The van der Waals surface area contributed by atoms with Gasteiger partial charge in [0.15, 0.2) is 0 Å². The number of hydrogen-bond acceptors (Lipinski definition) is 0. The van der Waals surface area contributed by atoms with Crippen molar-refractivity contribution in [1.82, 2.24) is 0 Å². The fraction of sp³-hybridized carbons (Fsp3) is 0.400. The van der Waals surface area contributed by atoms with Gasteiger partial charge in [0.05, 0.1) is 0 Å². The van der Waals surface area contributed by atoms with E-state index in [1.807, 2.05) is 0 Å². The third-order valence-corrected chi connectivity index (χ3v) is 6.10. The first-order chi connectivity index (χ1) is 9.85. The first-order valence-corrected chi connectivity index (χ1v) is 8.05. The summed E-state index contributed by atoms with van der Waals surface area (Å²) in [6.07, 6.45) is 10.7. The van der Waals surface area contributed by atoms with Crippen LogP contribution < -0.4 is 0 Å². The Morgan fingerprint density at radius 3 is 2.65 bits per heavy atom. The van der Waals surface area contributed by atoms with E-state index in [1.165, 1.54) is 49.3 Å². The van der Waals surface area contributed by atoms with Gasteiger partial charge in [0.25, 0.3) is 0 Å². The highest BCUT2D eigenvalue weighted by atomic mass is 14.5. The van der Waals surface area contributed by atoms with Gasteiger partial charge in [-0.2, -0.15) is 0 Å². The molecule has 1 fully saturated rings. The zero-order valence-electron chi connectivity index (χ0n) is 11.9. The van der Waals surface area contributed by atoms with Gasteiger partial charge in [0, 0.05) is 5.41 Å². The summed E-state index contributed by atoms with van der Waals surface area (Å²) >= 11 is 0. The Labute approximate surface area is 120 Å². The average Bonchev–Trinajstić information content (AvgIpc) is 3.07. The quantitative estimate of drug-likeness (QED) is 0.574. The number of hydrogen-bond donors (Lipinski definition) is 0. The molecule has 2 unspecified atom stereocenters. The molecule has 2 bridgehead atoms. The van der Waals surface area contributed by atoms with Crippen LogP contribution in [0.2, 0.25) is 0 Å². The first kappa shape index (κ1) is 11.1. The van der Waals surface area contributed by atoms with E-state index < -0.39 is 0 Å². The second-order valence-corrected chi connectivity index (χ2v) is 7.04. The normalized spacial score (nSPS) is 30.8. The van der Waals surface area contributed by atoms with Crippen molar-refractivity contribution in [3.8, 4) is 0 Å². The molecule has 3 aliphatic rings. The van der Waals surface area contributed by atoms with Crippen LogP contribution >= 0.6 is 0 Å². The zero-order chi connectivity index (χ0) is 13.2. The van der Waals surface area contributed by atoms with Crippen molar-refractivity contribution in [2.75, 3.05) is 0 Å². The second kappa shape index (κ2) is 3.75. The van der Waals surface area contributed by atoms with Gasteiger partial charge in [-0.25, -0.2) is 0 Å². The van der Waals surface area contributed by atoms with Crippen molar-refractivity contribution < 1.29 is 0 Å². The van der Waals surface area contributed by atoms with Gasteiger partial charge in [-0.15, -0.1) is 0 Å². The Kier molecular flexibility index (Phi) is 2.09. The summed E-state index contributed by atoms with van der Waals surface area (Å²) in [6.45, 7) is 0. The lowest BCUT2D eigenvalue weighted by Gasteiger charge is -2.41. The molecule has 0 amide bonds. The molecule has 100 valence electrons. The van der Waals surface area contributed by atoms with E-state index >= 15 is 0 Å². The van der Waals surface area contributed by atoms with Crippen molar-refractivity contribution in [1.29, 1.82) is 0 Å². The summed E-state index contributed by atoms with van der Waals surface area (Å²) in [5.41, 5.74) is 5.59. The van der Waals surface area contributed by atoms with Crippen LogP contribution in [-0.2, 0) is 11.8 Å². The van der Waals surface area contributed by atoms with Crippen LogP contribution in [0.15, 0.2) is 48.0 Å². The molecule has 20 heavy (non-hydrogen) atoms. The molecular formula is C20H20. The molecule has 0 heteroatoms. The van der Waals surface area contributed by atoms with E-state index in [1.54, 1.807) is 16.7 Å². The van der Waals surface area contributed by atoms with Crippen LogP contribution in [0.4, 0.5) is 0 Å². The Bertz CT molecular complexity index is 737. The van der Waals surface area contributed by atoms with Crippen LogP contribution in [0.1, 0.15) is 43.2 Å². The molecule has 3 aliphatic carbocycles. The summed E-state index contributed by atoms with van der Waals surface area (Å²) in [7, 11) is 0. The van der Waals surface area contributed by atoms with Gasteiger partial charge in [0.1, 0.15) is 0 Å². The molecule has 0 heterocycles. The molecule has 0 aliphatic heterocycles. The topological polar surface area (TPSA) is 0 Å². The second-order valence-electron chi connectivity index (χ2n) is 7.04. The van der Waals surface area contributed by atoms with Crippen LogP contribution in [0.5, 0.6) is 0 Å². The van der Waals surface area contributed by atoms with Crippen LogP contribution in [0.3, 0.4) is 0 Å². The number of aryl methyl sites for hydroxylation is 1. The summed E-state index contributed by atoms with van der Waals surface area (Å²) in [4.78, 5) is 0. The van der Waals surface area contributed by atoms with E-state index in [0.717, 1.165) is 5.92 Å². The smallest absolute Gasteiger partial charge is 0.00274 e. The zero-order valence-corrected chi connectivity index (χ0v) is 11.9. The average molecular weight is 260 g/mol. The molecule has 0 N–H and O–H groups in total. The van der Waals surface area contributed by atoms with Gasteiger partial charge >= 0.3 is 0 Å². The molecule has 2 aromatic rings. The SMILES string of the molecule is C1=C2CC(C1)C1(CCCc3cc4ccccc4cc31)C2. The minimum Gasteiger partial charge on any atom is -0.0850 e. The molecule has 2 atom stereocenters. The highest BCUT2D eigenvalue weighted by molar-refractivity contribution is 5.84. The summed E-state index contributed by atoms with van der Waals surface area (Å²) in [5.74, 6) is 0.901. The first-order valence-electron chi connectivity index (χ1n) is 8.05. The predicted molar refractivity (Wildman–Crippen MR) is 84.0 cm³/mol. The lowest BCUT2D eigenvalue weighted by molar-refractivity contribution is 0.270. The number of rotatable bonds is 0. The fourth-order valence-corrected chi connectivity index (χ4v) is 5.20. The number of benzene rings is 2. The fourth-order valence-electron chi connectivity index (χ4n) is 5.20. The third kappa shape index (κ3) is 1.32. The number of fused-ring (bicyclic) bond motifs is 6. The molecule has 0 nitrogen and oxygen atoms in total. The third-order valence-electron chi connectivity index (χ3n) is 6.10. The summed E-state index contributed by atoms with van der Waals surface area (Å²) in [6, 6.07) is 13.9. The van der Waals surface area contributed by atoms with E-state index in [2.05, 4.69) is 42.5 Å². The Morgan fingerprint density at radius 2 is 1.90 bits per heavy atom. The maximum Gasteiger partial charge on any atom is 0.00274 e. The predicted octanol–water partition coefficient (Wildman–Crippen LogP) is 5.15. The summed E-state index contributed by atoms with van der Waals surface area (Å²) < 4.78 is 0. The molecule has 0 aromatic heterocycles. The van der Waals surface area contributed by atoms with Gasteiger partial charge in [-0.3, -0.25) is 0 Å². The van der Waals surface area contributed by atoms with Gasteiger partial charge in [0.2, 0.25) is 0 Å². The minimum atomic E-state index is 0.502. The van der Waals surface area contributed by atoms with Crippen LogP contribution in [0, 0.1) is 5.92 Å². The molecule has 2 aromatic carbocycles. The van der Waals surface area contributed by atoms with E-state index in [9.17, 15) is 0 Å². The highest BCUT2D eigenvalue weighted by Gasteiger charge is 2.49. The Balaban J connectivity index is 1.77. The van der Waals surface area contributed by atoms with E-state index in [-0.39, 0.29) is 0 Å². The lowest BCUT2D eigenvalue weighted by atomic mass is 9.62. The lowest BCUT2D eigenvalue weighted by Crippen LogP contribution is -2.35. The van der Waals surface area contributed by atoms with Gasteiger partial charge < -0.3 is 0 Å². The maximum absolute atomic E-state index is 2.53. The standard InChI is InChI=1S/C20H20/c1-2-5-16-12-19-17(11-15(16)4-1)6-3-9-20(19)13-14-7-8-18(20)10-14/h1-2,4-5,7,11-12,18H,3,6,8-10,13H2. The largest absolute Gasteiger partial charge is 0.0850 e. The maximum atomic E-state index is 2.53. The van der Waals surface area contributed by atoms with Crippen molar-refractivity contribution in [2.24, 2.45) is 5.92 Å². The number of allylic oxidation sites excluding steroid dienone is 2. The van der Waals surface area contributed by atoms with E-state index in [4.69, 9.17) is 0 Å². The van der Waals surface area contributed by atoms with Crippen LogP contribution in [-0.4, -0.2) is 0 Å². The van der Waals surface area contributed by atoms with Crippen molar-refractivity contribution >= 4 is 10.8 Å². The monoisotopic (exact) mass is 260 g/mol. The van der Waals surface area contributed by atoms with E-state index in [0.29, 0.717) is 5.41 Å². The van der Waals surface area contributed by atoms with Crippen molar-refractivity contribution in [2.45, 2.75) is 43.9 Å². The molecule has 0 saturated heterocycles. The molecular weight excluding hydrogens is 240 g/mol. The Hall–Kier alpha value is -1.56. The highest BCUT2D eigenvalue weighted by Crippen LogP contribution is 2.58. The molecule has 1 spiro atoms. The van der Waals surface area contributed by atoms with Gasteiger partial charge in [-0.05, 0) is 66.3 Å². The van der Waals surface area contributed by atoms with Gasteiger partial charge in [-0.1, -0.05) is 48.0 Å². The van der Waals surface area contributed by atoms with Crippen molar-refractivity contribution in [3.05, 3.63) is 59.2 Å². The summed E-state index contributed by atoms with van der Waals surface area (Å²) in [5, 5.41) is 2.86.